The smallest absolute Gasteiger partial charge is 0.407 e. The van der Waals surface area contributed by atoms with Gasteiger partial charge in [-0.05, 0) is 24.6 Å². The number of aliphatic hydroxyl groups excluding tert-OH is 1. The number of amides is 2. The van der Waals surface area contributed by atoms with E-state index in [1.54, 1.807) is 31.4 Å². The van der Waals surface area contributed by atoms with Gasteiger partial charge in [0.1, 0.15) is 18.1 Å². The summed E-state index contributed by atoms with van der Waals surface area (Å²) in [5.41, 5.74) is 0.804. The molecule has 10 heteroatoms. The van der Waals surface area contributed by atoms with Crippen molar-refractivity contribution in [1.29, 1.82) is 0 Å². The summed E-state index contributed by atoms with van der Waals surface area (Å²) in [6.07, 6.45) is -0.992. The molecule has 1 saturated heterocycles. The number of fused-ring (bicyclic) bond motifs is 1. The summed E-state index contributed by atoms with van der Waals surface area (Å²) in [5.74, 6) is -0.943. The van der Waals surface area contributed by atoms with Gasteiger partial charge in [0.2, 0.25) is 5.91 Å². The molecular formula is C20H24N2O7S. The minimum atomic E-state index is -1.16. The zero-order valence-corrected chi connectivity index (χ0v) is 17.5. The molecule has 2 aliphatic heterocycles. The zero-order chi connectivity index (χ0) is 21.8. The van der Waals surface area contributed by atoms with Crippen LogP contribution in [-0.2, 0) is 20.9 Å². The van der Waals surface area contributed by atoms with Gasteiger partial charge in [-0.3, -0.25) is 4.79 Å². The summed E-state index contributed by atoms with van der Waals surface area (Å²) in [6.45, 7) is 1.94. The first-order chi connectivity index (χ1) is 14.3. The minimum absolute atomic E-state index is 0.0195. The van der Waals surface area contributed by atoms with E-state index in [0.29, 0.717) is 22.8 Å². The number of nitrogens with one attached hydrogen (secondary N) is 1. The summed E-state index contributed by atoms with van der Waals surface area (Å²) in [5, 5.41) is 21.8. The predicted molar refractivity (Wildman–Crippen MR) is 109 cm³/mol. The normalized spacial score (nSPS) is 21.0. The number of carbonyl (C=O) groups excluding carboxylic acids is 2. The van der Waals surface area contributed by atoms with E-state index < -0.39 is 24.1 Å². The Balaban J connectivity index is 1.44. The van der Waals surface area contributed by atoms with Gasteiger partial charge in [-0.25, -0.2) is 9.59 Å². The first-order valence-corrected chi connectivity index (χ1v) is 10.5. The van der Waals surface area contributed by atoms with Crippen LogP contribution in [0.4, 0.5) is 4.79 Å². The summed E-state index contributed by atoms with van der Waals surface area (Å²) < 4.78 is 10.2. The molecule has 0 bridgehead atoms. The lowest BCUT2D eigenvalue weighted by Crippen LogP contribution is -2.61. The summed E-state index contributed by atoms with van der Waals surface area (Å²) in [7, 11) is 1.57. The van der Waals surface area contributed by atoms with Crippen molar-refractivity contribution in [3.8, 4) is 5.75 Å². The van der Waals surface area contributed by atoms with Gasteiger partial charge in [0, 0.05) is 23.6 Å². The number of carbonyl (C=O) groups is 3. The molecule has 0 aromatic heterocycles. The average Bonchev–Trinajstić information content (AvgIpc) is 3.04. The number of benzene rings is 1. The number of carboxylic acid groups (broad SMARTS) is 1. The third-order valence-corrected chi connectivity index (χ3v) is 6.18. The highest BCUT2D eigenvalue weighted by Gasteiger charge is 2.56. The van der Waals surface area contributed by atoms with E-state index in [1.807, 2.05) is 0 Å². The van der Waals surface area contributed by atoms with Gasteiger partial charge in [-0.1, -0.05) is 12.1 Å². The third kappa shape index (κ3) is 4.54. The highest BCUT2D eigenvalue weighted by molar-refractivity contribution is 8.03. The average molecular weight is 436 g/mol. The number of aliphatic hydroxyl groups is 1. The van der Waals surface area contributed by atoms with Gasteiger partial charge < -0.3 is 29.9 Å². The maximum absolute atomic E-state index is 12.2. The van der Waals surface area contributed by atoms with Crippen LogP contribution in [0.15, 0.2) is 34.9 Å². The van der Waals surface area contributed by atoms with Crippen LogP contribution < -0.4 is 10.1 Å². The van der Waals surface area contributed by atoms with E-state index in [-0.39, 0.29) is 30.8 Å². The highest BCUT2D eigenvalue weighted by atomic mass is 32.2. The van der Waals surface area contributed by atoms with Crippen LogP contribution in [0.2, 0.25) is 0 Å². The Morgan fingerprint density at radius 3 is 2.63 bits per heavy atom. The van der Waals surface area contributed by atoms with Gasteiger partial charge in [0.05, 0.1) is 25.2 Å². The Morgan fingerprint density at radius 2 is 2.03 bits per heavy atom. The lowest BCUT2D eigenvalue weighted by Gasteiger charge is -2.44. The van der Waals surface area contributed by atoms with Gasteiger partial charge in [-0.15, -0.1) is 11.8 Å². The molecule has 3 rings (SSSR count). The summed E-state index contributed by atoms with van der Waals surface area (Å²) in [6, 6.07) is 6.84. The molecule has 2 heterocycles. The van der Waals surface area contributed by atoms with Crippen molar-refractivity contribution in [2.75, 3.05) is 19.4 Å². The van der Waals surface area contributed by atoms with Crippen LogP contribution in [0, 0.1) is 5.92 Å². The molecule has 30 heavy (non-hydrogen) atoms. The first-order valence-electron chi connectivity index (χ1n) is 9.47. The molecule has 0 saturated carbocycles. The lowest BCUT2D eigenvalue weighted by molar-refractivity contribution is -0.161. The van der Waals surface area contributed by atoms with Gasteiger partial charge in [0.25, 0.3) is 0 Å². The van der Waals surface area contributed by atoms with Crippen LogP contribution in [0.3, 0.4) is 0 Å². The molecule has 3 N–H and O–H groups in total. The number of nitrogens with zero attached hydrogens (tertiary/aromatic N) is 1. The van der Waals surface area contributed by atoms with Crippen LogP contribution >= 0.6 is 11.8 Å². The molecule has 0 radical (unpaired) electrons. The fourth-order valence-corrected chi connectivity index (χ4v) is 4.67. The minimum Gasteiger partial charge on any atom is -0.497 e. The van der Waals surface area contributed by atoms with Gasteiger partial charge in [-0.2, -0.15) is 0 Å². The van der Waals surface area contributed by atoms with Crippen molar-refractivity contribution in [3.05, 3.63) is 40.4 Å². The standard InChI is InChI=1S/C20H24N2O7S/c1-11(23)16-14-9-15(17(19(25)26)22(14)18(16)24)30-8-7-21-20(27)29-10-12-3-5-13(28-2)6-4-12/h3-6,11,14,16,23H,7-10H2,1-2H3,(H,21,27)(H,25,26)/t11-,14-,16-/m1/s1. The number of carboxylic acids is 1. The van der Waals surface area contributed by atoms with Crippen molar-refractivity contribution in [2.45, 2.75) is 32.1 Å². The summed E-state index contributed by atoms with van der Waals surface area (Å²) in [4.78, 5) is 37.4. The number of rotatable bonds is 9. The van der Waals surface area contributed by atoms with Gasteiger partial charge >= 0.3 is 12.1 Å². The molecule has 1 fully saturated rings. The van der Waals surface area contributed by atoms with Crippen molar-refractivity contribution < 1.29 is 34.1 Å². The lowest BCUT2D eigenvalue weighted by atomic mass is 9.83. The highest BCUT2D eigenvalue weighted by Crippen LogP contribution is 2.46. The number of ether oxygens (including phenoxy) is 2. The molecule has 162 valence electrons. The quantitative estimate of drug-likeness (QED) is 0.393. The maximum Gasteiger partial charge on any atom is 0.407 e. The van der Waals surface area contributed by atoms with Crippen molar-refractivity contribution in [2.24, 2.45) is 5.92 Å². The second-order valence-corrected chi connectivity index (χ2v) is 8.21. The van der Waals surface area contributed by atoms with Gasteiger partial charge in [0.15, 0.2) is 0 Å². The number of hydrogen-bond acceptors (Lipinski definition) is 7. The molecule has 0 aliphatic carbocycles. The Kier molecular flexibility index (Phi) is 6.88. The molecule has 1 aromatic rings. The van der Waals surface area contributed by atoms with E-state index >= 15 is 0 Å². The Morgan fingerprint density at radius 1 is 1.33 bits per heavy atom. The fourth-order valence-electron chi connectivity index (χ4n) is 3.61. The summed E-state index contributed by atoms with van der Waals surface area (Å²) >= 11 is 1.28. The second-order valence-electron chi connectivity index (χ2n) is 7.02. The largest absolute Gasteiger partial charge is 0.497 e. The predicted octanol–water partition coefficient (Wildman–Crippen LogP) is 1.56. The number of aliphatic carboxylic acids is 1. The second kappa shape index (κ2) is 9.40. The Hall–Kier alpha value is -2.72. The van der Waals surface area contributed by atoms with E-state index in [4.69, 9.17) is 9.47 Å². The number of β-lactam (4-membered cyclic amide) rings is 1. The molecule has 3 atom stereocenters. The van der Waals surface area contributed by atoms with E-state index in [9.17, 15) is 24.6 Å². The van der Waals surface area contributed by atoms with Crippen LogP contribution in [-0.4, -0.2) is 64.6 Å². The molecule has 2 aliphatic rings. The monoisotopic (exact) mass is 436 g/mol. The number of methoxy groups -OCH3 is 1. The number of thioether (sulfide) groups is 1. The van der Waals surface area contributed by atoms with E-state index in [0.717, 1.165) is 5.56 Å². The molecule has 1 aromatic carbocycles. The Labute approximate surface area is 178 Å². The topological polar surface area (TPSA) is 125 Å². The number of hydrogen-bond donors (Lipinski definition) is 3. The van der Waals surface area contributed by atoms with E-state index in [2.05, 4.69) is 5.32 Å². The van der Waals surface area contributed by atoms with Crippen LogP contribution in [0.5, 0.6) is 5.75 Å². The number of alkyl carbamates (subject to hydrolysis) is 1. The third-order valence-electron chi connectivity index (χ3n) is 5.07. The van der Waals surface area contributed by atoms with Crippen molar-refractivity contribution in [1.82, 2.24) is 10.2 Å². The maximum atomic E-state index is 12.2. The molecule has 0 spiro atoms. The molecular weight excluding hydrogens is 412 g/mol. The van der Waals surface area contributed by atoms with Crippen molar-refractivity contribution in [3.63, 3.8) is 0 Å². The first kappa shape index (κ1) is 22.0. The van der Waals surface area contributed by atoms with Crippen LogP contribution in [0.1, 0.15) is 18.9 Å². The molecule has 2 amide bonds. The molecule has 0 unspecified atom stereocenters. The molecule has 9 nitrogen and oxygen atoms in total. The van der Waals surface area contributed by atoms with E-state index in [1.165, 1.54) is 23.6 Å². The van der Waals surface area contributed by atoms with Crippen molar-refractivity contribution >= 4 is 29.7 Å². The zero-order valence-electron chi connectivity index (χ0n) is 16.7. The SMILES string of the molecule is COc1ccc(COC(=O)NCCSC2=C(C(=O)O)N3C(=O)[C@H]([C@@H](C)O)[C@H]3C2)cc1. The Bertz CT molecular complexity index is 853. The fraction of sp³-hybridized carbons (Fsp3) is 0.450. The van der Waals surface area contributed by atoms with Crippen LogP contribution in [0.25, 0.3) is 0 Å².